The van der Waals surface area contributed by atoms with Crippen LogP contribution in [-0.2, 0) is 4.79 Å². The normalized spacial score (nSPS) is 12.9. The topological polar surface area (TPSA) is 102 Å². The predicted octanol–water partition coefficient (Wildman–Crippen LogP) is 2.29. The molecule has 2 aromatic rings. The molecule has 3 amide bonds. The van der Waals surface area contributed by atoms with Crippen molar-refractivity contribution in [3.05, 3.63) is 53.6 Å². The van der Waals surface area contributed by atoms with Crippen molar-refractivity contribution in [1.29, 1.82) is 0 Å². The van der Waals surface area contributed by atoms with Crippen molar-refractivity contribution in [3.63, 3.8) is 0 Å². The fourth-order valence-electron chi connectivity index (χ4n) is 2.88. The maximum Gasteiger partial charge on any atom is 0.261 e. The van der Waals surface area contributed by atoms with Crippen LogP contribution in [0, 0.1) is 0 Å². The van der Waals surface area contributed by atoms with Crippen molar-refractivity contribution in [2.45, 2.75) is 12.8 Å². The highest BCUT2D eigenvalue weighted by atomic mass is 16.5. The molecule has 0 aliphatic carbocycles. The molecule has 26 heavy (non-hydrogen) atoms. The van der Waals surface area contributed by atoms with E-state index in [1.807, 2.05) is 0 Å². The van der Waals surface area contributed by atoms with E-state index in [1.54, 1.807) is 42.5 Å². The van der Waals surface area contributed by atoms with E-state index in [4.69, 9.17) is 10.5 Å². The molecule has 0 unspecified atom stereocenters. The molecule has 0 saturated heterocycles. The van der Waals surface area contributed by atoms with Crippen molar-refractivity contribution >= 4 is 29.1 Å². The standard InChI is InChI=1S/C19H19N3O4/c1-26-16-9-8-12(11-15(16)20)21-17(23)7-4-10-22-18(24)13-5-2-3-6-14(13)19(22)25/h2-3,5-6,8-9,11H,4,7,10,20H2,1H3,(H,21,23). The van der Waals surface area contributed by atoms with Crippen LogP contribution in [0.4, 0.5) is 11.4 Å². The van der Waals surface area contributed by atoms with Gasteiger partial charge in [0, 0.05) is 18.7 Å². The summed E-state index contributed by atoms with van der Waals surface area (Å²) in [6, 6.07) is 11.7. The number of rotatable bonds is 6. The number of nitrogen functional groups attached to an aromatic ring is 1. The number of amides is 3. The van der Waals surface area contributed by atoms with Gasteiger partial charge in [0.05, 0.1) is 23.9 Å². The Labute approximate surface area is 150 Å². The Hall–Kier alpha value is -3.35. The summed E-state index contributed by atoms with van der Waals surface area (Å²) in [5, 5.41) is 2.74. The molecule has 0 spiro atoms. The summed E-state index contributed by atoms with van der Waals surface area (Å²) in [7, 11) is 1.52. The largest absolute Gasteiger partial charge is 0.495 e. The van der Waals surface area contributed by atoms with Crippen molar-refractivity contribution in [2.24, 2.45) is 0 Å². The maximum absolute atomic E-state index is 12.3. The number of benzene rings is 2. The smallest absolute Gasteiger partial charge is 0.261 e. The molecule has 2 aromatic carbocycles. The summed E-state index contributed by atoms with van der Waals surface area (Å²) < 4.78 is 5.07. The number of carbonyl (C=O) groups is 3. The van der Waals surface area contributed by atoms with E-state index >= 15 is 0 Å². The summed E-state index contributed by atoms with van der Waals surface area (Å²) in [6.07, 6.45) is 0.558. The molecule has 0 radical (unpaired) electrons. The van der Waals surface area contributed by atoms with Gasteiger partial charge in [-0.1, -0.05) is 12.1 Å². The molecule has 7 nitrogen and oxygen atoms in total. The molecule has 1 aliphatic rings. The Morgan fingerprint density at radius 1 is 1.12 bits per heavy atom. The number of ether oxygens (including phenoxy) is 1. The number of methoxy groups -OCH3 is 1. The minimum absolute atomic E-state index is 0.180. The van der Waals surface area contributed by atoms with Gasteiger partial charge in [0.15, 0.2) is 0 Å². The van der Waals surface area contributed by atoms with Gasteiger partial charge in [-0.2, -0.15) is 0 Å². The molecule has 1 heterocycles. The number of imide groups is 1. The van der Waals surface area contributed by atoms with Gasteiger partial charge in [-0.15, -0.1) is 0 Å². The molecule has 7 heteroatoms. The number of nitrogens with one attached hydrogen (secondary N) is 1. The highest BCUT2D eigenvalue weighted by molar-refractivity contribution is 6.21. The van der Waals surface area contributed by atoms with Crippen molar-refractivity contribution in [1.82, 2.24) is 4.90 Å². The van der Waals surface area contributed by atoms with Crippen LogP contribution in [0.1, 0.15) is 33.6 Å². The molecule has 3 N–H and O–H groups in total. The Bertz CT molecular complexity index is 844. The van der Waals surface area contributed by atoms with Gasteiger partial charge in [-0.3, -0.25) is 19.3 Å². The minimum Gasteiger partial charge on any atom is -0.495 e. The Balaban J connectivity index is 1.52. The first-order valence-electron chi connectivity index (χ1n) is 8.20. The molecular weight excluding hydrogens is 334 g/mol. The fourth-order valence-corrected chi connectivity index (χ4v) is 2.88. The lowest BCUT2D eigenvalue weighted by Crippen LogP contribution is -2.31. The fraction of sp³-hybridized carbons (Fsp3) is 0.211. The molecule has 0 saturated carbocycles. The van der Waals surface area contributed by atoms with E-state index in [9.17, 15) is 14.4 Å². The summed E-state index contributed by atoms with van der Waals surface area (Å²) >= 11 is 0. The van der Waals surface area contributed by atoms with Crippen LogP contribution in [-0.4, -0.2) is 36.3 Å². The number of nitrogens with zero attached hydrogens (tertiary/aromatic N) is 1. The molecule has 0 aromatic heterocycles. The Kier molecular flexibility index (Phi) is 4.88. The second-order valence-corrected chi connectivity index (χ2v) is 5.92. The molecule has 0 atom stereocenters. The quantitative estimate of drug-likeness (QED) is 0.613. The van der Waals surface area contributed by atoms with Crippen molar-refractivity contribution < 1.29 is 19.1 Å². The number of fused-ring (bicyclic) bond motifs is 1. The van der Waals surface area contributed by atoms with Gasteiger partial charge < -0.3 is 15.8 Å². The summed E-state index contributed by atoms with van der Waals surface area (Å²) in [4.78, 5) is 37.7. The van der Waals surface area contributed by atoms with E-state index in [0.29, 0.717) is 34.7 Å². The summed E-state index contributed by atoms with van der Waals surface area (Å²) in [6.45, 7) is 0.199. The molecule has 0 fully saturated rings. The molecule has 1 aliphatic heterocycles. The van der Waals surface area contributed by atoms with E-state index < -0.39 is 0 Å². The van der Waals surface area contributed by atoms with Gasteiger partial charge in [0.25, 0.3) is 11.8 Å². The third-order valence-corrected chi connectivity index (χ3v) is 4.18. The summed E-state index contributed by atoms with van der Waals surface area (Å²) in [5.74, 6) is -0.303. The zero-order valence-electron chi connectivity index (χ0n) is 14.3. The first-order valence-corrected chi connectivity index (χ1v) is 8.20. The average Bonchev–Trinajstić information content (AvgIpc) is 2.87. The van der Waals surface area contributed by atoms with Crippen molar-refractivity contribution in [2.75, 3.05) is 24.7 Å². The SMILES string of the molecule is COc1ccc(NC(=O)CCCN2C(=O)c3ccccc3C2=O)cc1N. The number of nitrogens with two attached hydrogens (primary N) is 1. The van der Waals surface area contributed by atoms with Crippen molar-refractivity contribution in [3.8, 4) is 5.75 Å². The highest BCUT2D eigenvalue weighted by Crippen LogP contribution is 2.25. The first-order chi connectivity index (χ1) is 12.5. The first kappa shape index (κ1) is 17.5. The second-order valence-electron chi connectivity index (χ2n) is 5.92. The monoisotopic (exact) mass is 353 g/mol. The zero-order chi connectivity index (χ0) is 18.7. The molecule has 3 rings (SSSR count). The lowest BCUT2D eigenvalue weighted by molar-refractivity contribution is -0.116. The van der Waals surface area contributed by atoms with Crippen LogP contribution in [0.15, 0.2) is 42.5 Å². The third kappa shape index (κ3) is 3.37. The van der Waals surface area contributed by atoms with Gasteiger partial charge >= 0.3 is 0 Å². The van der Waals surface area contributed by atoms with Crippen LogP contribution in [0.25, 0.3) is 0 Å². The zero-order valence-corrected chi connectivity index (χ0v) is 14.3. The number of hydrogen-bond acceptors (Lipinski definition) is 5. The van der Waals surface area contributed by atoms with Gasteiger partial charge in [0.1, 0.15) is 5.75 Å². The third-order valence-electron chi connectivity index (χ3n) is 4.18. The Morgan fingerprint density at radius 2 is 1.77 bits per heavy atom. The highest BCUT2D eigenvalue weighted by Gasteiger charge is 2.34. The molecule has 134 valence electrons. The summed E-state index contributed by atoms with van der Waals surface area (Å²) in [5.41, 5.74) is 7.62. The lowest BCUT2D eigenvalue weighted by Gasteiger charge is -2.13. The number of anilines is 2. The number of hydrogen-bond donors (Lipinski definition) is 2. The van der Waals surface area contributed by atoms with Gasteiger partial charge in [0.2, 0.25) is 5.91 Å². The lowest BCUT2D eigenvalue weighted by atomic mass is 10.1. The molecular formula is C19H19N3O4. The van der Waals surface area contributed by atoms with Gasteiger partial charge in [-0.25, -0.2) is 0 Å². The average molecular weight is 353 g/mol. The van der Waals surface area contributed by atoms with Crippen LogP contribution in [0.2, 0.25) is 0 Å². The minimum atomic E-state index is -0.311. The second kappa shape index (κ2) is 7.26. The van der Waals surface area contributed by atoms with Crippen LogP contribution in [0.5, 0.6) is 5.75 Å². The van der Waals surface area contributed by atoms with E-state index in [-0.39, 0.29) is 30.7 Å². The number of carbonyl (C=O) groups excluding carboxylic acids is 3. The van der Waals surface area contributed by atoms with Crippen LogP contribution >= 0.6 is 0 Å². The van der Waals surface area contributed by atoms with Crippen LogP contribution in [0.3, 0.4) is 0 Å². The Morgan fingerprint density at radius 3 is 2.35 bits per heavy atom. The van der Waals surface area contributed by atoms with Gasteiger partial charge in [-0.05, 0) is 36.8 Å². The van der Waals surface area contributed by atoms with E-state index in [0.717, 1.165) is 0 Å². The van der Waals surface area contributed by atoms with E-state index in [2.05, 4.69) is 5.32 Å². The predicted molar refractivity (Wildman–Crippen MR) is 97.1 cm³/mol. The van der Waals surface area contributed by atoms with Crippen LogP contribution < -0.4 is 15.8 Å². The van der Waals surface area contributed by atoms with E-state index in [1.165, 1.54) is 12.0 Å². The maximum atomic E-state index is 12.3. The molecule has 0 bridgehead atoms.